The van der Waals surface area contributed by atoms with Crippen LogP contribution in [0.25, 0.3) is 0 Å². The van der Waals surface area contributed by atoms with Crippen LogP contribution in [0.4, 0.5) is 5.69 Å². The number of rotatable bonds is 2. The van der Waals surface area contributed by atoms with E-state index in [9.17, 15) is 0 Å². The standard InChI is InChI=1S/C14H17N3S/c1-11(14-9-16-10-18-14)17-7-6-15-8-12-4-2-3-5-13(12)17/h2-5,9-11,15H,6-8H2,1H3. The maximum Gasteiger partial charge on any atom is 0.0795 e. The van der Waals surface area contributed by atoms with E-state index in [0.29, 0.717) is 6.04 Å². The van der Waals surface area contributed by atoms with Crippen molar-refractivity contribution in [3.05, 3.63) is 46.4 Å². The number of aromatic nitrogens is 1. The van der Waals surface area contributed by atoms with Gasteiger partial charge in [0.1, 0.15) is 0 Å². The van der Waals surface area contributed by atoms with Crippen LogP contribution in [-0.4, -0.2) is 18.1 Å². The van der Waals surface area contributed by atoms with Crippen LogP contribution in [0.2, 0.25) is 0 Å². The molecule has 3 rings (SSSR count). The van der Waals surface area contributed by atoms with Crippen LogP contribution >= 0.6 is 11.3 Å². The van der Waals surface area contributed by atoms with Gasteiger partial charge in [0.25, 0.3) is 0 Å². The summed E-state index contributed by atoms with van der Waals surface area (Å²) >= 11 is 1.73. The van der Waals surface area contributed by atoms with E-state index < -0.39 is 0 Å². The summed E-state index contributed by atoms with van der Waals surface area (Å²) < 4.78 is 0. The van der Waals surface area contributed by atoms with Crippen molar-refractivity contribution in [3.63, 3.8) is 0 Å². The van der Waals surface area contributed by atoms with Crippen LogP contribution < -0.4 is 10.2 Å². The van der Waals surface area contributed by atoms with Crippen molar-refractivity contribution < 1.29 is 0 Å². The Morgan fingerprint density at radius 2 is 2.28 bits per heavy atom. The molecule has 0 saturated carbocycles. The zero-order chi connectivity index (χ0) is 12.4. The molecule has 1 atom stereocenters. The van der Waals surface area contributed by atoms with Crippen LogP contribution in [0, 0.1) is 0 Å². The molecule has 2 heterocycles. The minimum absolute atomic E-state index is 0.388. The monoisotopic (exact) mass is 259 g/mol. The minimum Gasteiger partial charge on any atom is -0.362 e. The fourth-order valence-corrected chi connectivity index (χ4v) is 3.16. The Morgan fingerprint density at radius 3 is 3.11 bits per heavy atom. The molecule has 0 radical (unpaired) electrons. The van der Waals surface area contributed by atoms with E-state index in [4.69, 9.17) is 0 Å². The maximum atomic E-state index is 4.19. The van der Waals surface area contributed by atoms with Gasteiger partial charge in [-0.15, -0.1) is 11.3 Å². The lowest BCUT2D eigenvalue weighted by atomic mass is 10.1. The highest BCUT2D eigenvalue weighted by Crippen LogP contribution is 2.31. The average Bonchev–Trinajstić information content (AvgIpc) is 2.85. The van der Waals surface area contributed by atoms with Crippen LogP contribution in [-0.2, 0) is 6.54 Å². The lowest BCUT2D eigenvalue weighted by Crippen LogP contribution is -2.30. The number of para-hydroxylation sites is 1. The summed E-state index contributed by atoms with van der Waals surface area (Å²) in [5, 5.41) is 3.48. The van der Waals surface area contributed by atoms with Gasteiger partial charge in [0, 0.05) is 36.4 Å². The lowest BCUT2D eigenvalue weighted by molar-refractivity contribution is 0.644. The SMILES string of the molecule is CC(c1cncs1)N1CCNCc2ccccc21. The van der Waals surface area contributed by atoms with Crippen molar-refractivity contribution in [3.8, 4) is 0 Å². The Labute approximate surface area is 111 Å². The summed E-state index contributed by atoms with van der Waals surface area (Å²) in [5.74, 6) is 0. The summed E-state index contributed by atoms with van der Waals surface area (Å²) in [5.41, 5.74) is 4.64. The maximum absolute atomic E-state index is 4.19. The van der Waals surface area contributed by atoms with Crippen LogP contribution in [0.5, 0.6) is 0 Å². The number of thiazole rings is 1. The molecule has 1 unspecified atom stereocenters. The van der Waals surface area contributed by atoms with E-state index in [1.807, 2.05) is 11.7 Å². The molecule has 0 aliphatic carbocycles. The molecule has 94 valence electrons. The molecule has 1 aliphatic heterocycles. The van der Waals surface area contributed by atoms with Crippen molar-refractivity contribution >= 4 is 17.0 Å². The molecule has 3 nitrogen and oxygen atoms in total. The van der Waals surface area contributed by atoms with E-state index in [1.165, 1.54) is 16.1 Å². The fraction of sp³-hybridized carbons (Fsp3) is 0.357. The van der Waals surface area contributed by atoms with Gasteiger partial charge in [-0.1, -0.05) is 18.2 Å². The smallest absolute Gasteiger partial charge is 0.0795 e. The highest BCUT2D eigenvalue weighted by atomic mass is 32.1. The molecule has 1 aromatic heterocycles. The molecule has 1 N–H and O–H groups in total. The molecule has 0 fully saturated rings. The second-order valence-electron chi connectivity index (χ2n) is 4.58. The molecule has 0 bridgehead atoms. The number of anilines is 1. The Morgan fingerprint density at radius 1 is 1.39 bits per heavy atom. The van der Waals surface area contributed by atoms with Gasteiger partial charge in [-0.25, -0.2) is 0 Å². The Hall–Kier alpha value is -1.39. The molecule has 18 heavy (non-hydrogen) atoms. The van der Waals surface area contributed by atoms with Gasteiger partial charge in [-0.3, -0.25) is 4.98 Å². The first-order valence-electron chi connectivity index (χ1n) is 6.30. The van der Waals surface area contributed by atoms with E-state index in [-0.39, 0.29) is 0 Å². The van der Waals surface area contributed by atoms with Gasteiger partial charge in [0.05, 0.1) is 11.6 Å². The van der Waals surface area contributed by atoms with Gasteiger partial charge in [0.15, 0.2) is 0 Å². The zero-order valence-corrected chi connectivity index (χ0v) is 11.3. The predicted molar refractivity (Wildman–Crippen MR) is 76.0 cm³/mol. The third kappa shape index (κ3) is 2.13. The summed E-state index contributed by atoms with van der Waals surface area (Å²) in [4.78, 5) is 7.99. The molecule has 0 spiro atoms. The Balaban J connectivity index is 1.96. The summed E-state index contributed by atoms with van der Waals surface area (Å²) in [6, 6.07) is 9.05. The van der Waals surface area contributed by atoms with E-state index in [0.717, 1.165) is 19.6 Å². The largest absolute Gasteiger partial charge is 0.362 e. The van der Waals surface area contributed by atoms with Crippen molar-refractivity contribution in [2.24, 2.45) is 0 Å². The van der Waals surface area contributed by atoms with E-state index in [1.54, 1.807) is 11.3 Å². The summed E-state index contributed by atoms with van der Waals surface area (Å²) in [6.07, 6.45) is 1.98. The minimum atomic E-state index is 0.388. The molecular weight excluding hydrogens is 242 g/mol. The third-order valence-corrected chi connectivity index (χ3v) is 4.42. The van der Waals surface area contributed by atoms with Crippen LogP contribution in [0.15, 0.2) is 36.0 Å². The fourth-order valence-electron chi connectivity index (χ4n) is 2.47. The normalized spacial score (nSPS) is 17.1. The van der Waals surface area contributed by atoms with Crippen LogP contribution in [0.3, 0.4) is 0 Å². The molecule has 1 aromatic carbocycles. The second kappa shape index (κ2) is 5.08. The number of hydrogen-bond donors (Lipinski definition) is 1. The molecule has 1 aliphatic rings. The highest BCUT2D eigenvalue weighted by Gasteiger charge is 2.21. The average molecular weight is 259 g/mol. The first-order valence-corrected chi connectivity index (χ1v) is 7.18. The zero-order valence-electron chi connectivity index (χ0n) is 10.5. The van der Waals surface area contributed by atoms with Gasteiger partial charge >= 0.3 is 0 Å². The van der Waals surface area contributed by atoms with E-state index in [2.05, 4.69) is 46.4 Å². The third-order valence-electron chi connectivity index (χ3n) is 3.48. The Bertz CT molecular complexity index is 510. The van der Waals surface area contributed by atoms with Gasteiger partial charge in [0.2, 0.25) is 0 Å². The first-order chi connectivity index (χ1) is 8.86. The molecular formula is C14H17N3S. The van der Waals surface area contributed by atoms with E-state index >= 15 is 0 Å². The molecule has 0 amide bonds. The Kier molecular flexibility index (Phi) is 3.30. The topological polar surface area (TPSA) is 28.2 Å². The number of nitrogens with one attached hydrogen (secondary N) is 1. The van der Waals surface area contributed by atoms with Crippen LogP contribution in [0.1, 0.15) is 23.4 Å². The number of benzene rings is 1. The first kappa shape index (κ1) is 11.7. The number of hydrogen-bond acceptors (Lipinski definition) is 4. The molecule has 2 aromatic rings. The summed E-state index contributed by atoms with van der Waals surface area (Å²) in [7, 11) is 0. The second-order valence-corrected chi connectivity index (χ2v) is 5.50. The molecule has 4 heteroatoms. The van der Waals surface area contributed by atoms with Crippen molar-refractivity contribution in [2.75, 3.05) is 18.0 Å². The van der Waals surface area contributed by atoms with Crippen molar-refractivity contribution in [2.45, 2.75) is 19.5 Å². The number of nitrogens with zero attached hydrogens (tertiary/aromatic N) is 2. The van der Waals surface area contributed by atoms with Gasteiger partial charge in [-0.2, -0.15) is 0 Å². The van der Waals surface area contributed by atoms with Crippen molar-refractivity contribution in [1.29, 1.82) is 0 Å². The quantitative estimate of drug-likeness (QED) is 0.899. The van der Waals surface area contributed by atoms with Crippen molar-refractivity contribution in [1.82, 2.24) is 10.3 Å². The predicted octanol–water partition coefficient (Wildman–Crippen LogP) is 2.81. The highest BCUT2D eigenvalue weighted by molar-refractivity contribution is 7.09. The summed E-state index contributed by atoms with van der Waals surface area (Å²) in [6.45, 7) is 5.28. The van der Waals surface area contributed by atoms with Gasteiger partial charge < -0.3 is 10.2 Å². The number of fused-ring (bicyclic) bond motifs is 1. The molecule has 0 saturated heterocycles. The lowest BCUT2D eigenvalue weighted by Gasteiger charge is -2.30. The van der Waals surface area contributed by atoms with Gasteiger partial charge in [-0.05, 0) is 18.6 Å².